The zero-order valence-electron chi connectivity index (χ0n) is 12.6. The van der Waals surface area contributed by atoms with Crippen molar-refractivity contribution in [2.75, 3.05) is 31.2 Å². The number of nitrogens with zero attached hydrogens (tertiary/aromatic N) is 3. The molecule has 0 spiro atoms. The normalized spacial score (nSPS) is 10.5. The van der Waals surface area contributed by atoms with Crippen molar-refractivity contribution in [3.8, 4) is 11.3 Å². The zero-order valence-corrected chi connectivity index (χ0v) is 12.6. The van der Waals surface area contributed by atoms with Crippen LogP contribution in [-0.2, 0) is 0 Å². The van der Waals surface area contributed by atoms with E-state index in [4.69, 9.17) is 5.11 Å². The molecule has 7 nitrogen and oxygen atoms in total. The van der Waals surface area contributed by atoms with Crippen LogP contribution in [0, 0.1) is 10.1 Å². The van der Waals surface area contributed by atoms with Gasteiger partial charge in [-0.1, -0.05) is 30.3 Å². The lowest BCUT2D eigenvalue weighted by molar-refractivity contribution is -0.384. The number of rotatable bonds is 8. The standard InChI is InChI=1S/C16H19N3O4/c20-11-4-9-18(10-12-21)15-8-7-14(19(22)23)16(17-15)13-5-2-1-3-6-13/h1-3,5-8,20-21H,4,9-12H2. The second-order valence-electron chi connectivity index (χ2n) is 4.95. The summed E-state index contributed by atoms with van der Waals surface area (Å²) in [6.45, 7) is 0.820. The molecule has 0 aliphatic heterocycles. The quantitative estimate of drug-likeness (QED) is 0.569. The monoisotopic (exact) mass is 317 g/mol. The van der Waals surface area contributed by atoms with Crippen molar-refractivity contribution in [2.45, 2.75) is 6.42 Å². The van der Waals surface area contributed by atoms with E-state index in [1.807, 2.05) is 6.07 Å². The van der Waals surface area contributed by atoms with Gasteiger partial charge in [-0.3, -0.25) is 10.1 Å². The van der Waals surface area contributed by atoms with Gasteiger partial charge in [-0.2, -0.15) is 0 Å². The summed E-state index contributed by atoms with van der Waals surface area (Å²) in [6.07, 6.45) is 0.527. The highest BCUT2D eigenvalue weighted by atomic mass is 16.6. The minimum absolute atomic E-state index is 0.0282. The lowest BCUT2D eigenvalue weighted by Crippen LogP contribution is -2.29. The van der Waals surface area contributed by atoms with Gasteiger partial charge in [0.1, 0.15) is 5.82 Å². The summed E-state index contributed by atoms with van der Waals surface area (Å²) in [4.78, 5) is 17.0. The van der Waals surface area contributed by atoms with Crippen molar-refractivity contribution >= 4 is 11.5 Å². The zero-order chi connectivity index (χ0) is 16.7. The number of benzene rings is 1. The van der Waals surface area contributed by atoms with Gasteiger partial charge in [0, 0.05) is 31.3 Å². The summed E-state index contributed by atoms with van der Waals surface area (Å²) in [5.74, 6) is 0.539. The number of hydrogen-bond donors (Lipinski definition) is 2. The molecule has 1 aromatic carbocycles. The minimum Gasteiger partial charge on any atom is -0.396 e. The smallest absolute Gasteiger partial charge is 0.295 e. The highest BCUT2D eigenvalue weighted by Crippen LogP contribution is 2.30. The maximum Gasteiger partial charge on any atom is 0.295 e. The first-order chi connectivity index (χ1) is 11.2. The second-order valence-corrected chi connectivity index (χ2v) is 4.95. The van der Waals surface area contributed by atoms with Gasteiger partial charge in [-0.05, 0) is 12.5 Å². The van der Waals surface area contributed by atoms with Gasteiger partial charge in [0.25, 0.3) is 5.69 Å². The Bertz CT molecular complexity index is 649. The molecule has 0 aliphatic carbocycles. The van der Waals surface area contributed by atoms with E-state index in [0.29, 0.717) is 36.6 Å². The molecule has 0 unspecified atom stereocenters. The molecule has 1 heterocycles. The van der Waals surface area contributed by atoms with E-state index < -0.39 is 4.92 Å². The predicted molar refractivity (Wildman–Crippen MR) is 87.3 cm³/mol. The molecule has 23 heavy (non-hydrogen) atoms. The van der Waals surface area contributed by atoms with Gasteiger partial charge < -0.3 is 15.1 Å². The van der Waals surface area contributed by atoms with Gasteiger partial charge >= 0.3 is 0 Å². The van der Waals surface area contributed by atoms with Crippen LogP contribution < -0.4 is 4.90 Å². The number of anilines is 1. The molecule has 2 aromatic rings. The number of aliphatic hydroxyl groups is 2. The molecule has 0 saturated carbocycles. The van der Waals surface area contributed by atoms with E-state index in [9.17, 15) is 15.2 Å². The lowest BCUT2D eigenvalue weighted by atomic mass is 10.1. The maximum absolute atomic E-state index is 11.3. The van der Waals surface area contributed by atoms with Crippen molar-refractivity contribution < 1.29 is 15.1 Å². The van der Waals surface area contributed by atoms with Crippen molar-refractivity contribution in [1.29, 1.82) is 0 Å². The fraction of sp³-hybridized carbons (Fsp3) is 0.312. The molecule has 1 aromatic heterocycles. The van der Waals surface area contributed by atoms with Crippen LogP contribution in [0.3, 0.4) is 0 Å². The molecular weight excluding hydrogens is 298 g/mol. The molecule has 0 amide bonds. The summed E-state index contributed by atoms with van der Waals surface area (Å²) in [5.41, 5.74) is 0.887. The molecule has 2 N–H and O–H groups in total. The van der Waals surface area contributed by atoms with E-state index in [0.717, 1.165) is 0 Å². The Morgan fingerprint density at radius 2 is 1.78 bits per heavy atom. The molecule has 122 valence electrons. The average molecular weight is 317 g/mol. The number of aromatic nitrogens is 1. The Labute approximate surface area is 134 Å². The molecule has 0 radical (unpaired) electrons. The Morgan fingerprint density at radius 1 is 1.04 bits per heavy atom. The van der Waals surface area contributed by atoms with E-state index in [-0.39, 0.29) is 18.9 Å². The topological polar surface area (TPSA) is 99.7 Å². The molecule has 0 fully saturated rings. The minimum atomic E-state index is -0.455. The summed E-state index contributed by atoms with van der Waals surface area (Å²) in [5, 5.41) is 29.4. The summed E-state index contributed by atoms with van der Waals surface area (Å²) in [7, 11) is 0. The third kappa shape index (κ3) is 4.24. The molecule has 0 saturated heterocycles. The van der Waals surface area contributed by atoms with Crippen molar-refractivity contribution in [2.24, 2.45) is 0 Å². The number of hydrogen-bond acceptors (Lipinski definition) is 6. The second kappa shape index (κ2) is 8.21. The van der Waals surface area contributed by atoms with Crippen LogP contribution in [0.4, 0.5) is 11.5 Å². The summed E-state index contributed by atoms with van der Waals surface area (Å²) >= 11 is 0. The van der Waals surface area contributed by atoms with Crippen LogP contribution >= 0.6 is 0 Å². The van der Waals surface area contributed by atoms with Crippen LogP contribution in [0.5, 0.6) is 0 Å². The van der Waals surface area contributed by atoms with Crippen LogP contribution in [0.2, 0.25) is 0 Å². The van der Waals surface area contributed by atoms with Crippen LogP contribution in [0.25, 0.3) is 11.3 Å². The Balaban J connectivity index is 2.44. The Morgan fingerprint density at radius 3 is 2.39 bits per heavy atom. The SMILES string of the molecule is O=[N+]([O-])c1ccc(N(CCO)CCCO)nc1-c1ccccc1. The van der Waals surface area contributed by atoms with Crippen LogP contribution in [0.15, 0.2) is 42.5 Å². The highest BCUT2D eigenvalue weighted by molar-refractivity contribution is 5.71. The van der Waals surface area contributed by atoms with Gasteiger partial charge in [-0.15, -0.1) is 0 Å². The number of aliphatic hydroxyl groups excluding tert-OH is 2. The van der Waals surface area contributed by atoms with Gasteiger partial charge in [0.05, 0.1) is 11.5 Å². The predicted octanol–water partition coefficient (Wildman–Crippen LogP) is 1.84. The third-order valence-corrected chi connectivity index (χ3v) is 3.38. The Hall–Kier alpha value is -2.51. The van der Waals surface area contributed by atoms with Gasteiger partial charge in [-0.25, -0.2) is 4.98 Å². The van der Waals surface area contributed by atoms with E-state index in [1.54, 1.807) is 35.2 Å². The fourth-order valence-electron chi connectivity index (χ4n) is 2.30. The largest absolute Gasteiger partial charge is 0.396 e. The Kier molecular flexibility index (Phi) is 6.02. The van der Waals surface area contributed by atoms with E-state index >= 15 is 0 Å². The molecule has 0 atom stereocenters. The highest BCUT2D eigenvalue weighted by Gasteiger charge is 2.19. The van der Waals surface area contributed by atoms with Crippen molar-refractivity contribution in [1.82, 2.24) is 4.98 Å². The first kappa shape index (κ1) is 16.9. The first-order valence-electron chi connectivity index (χ1n) is 7.35. The van der Waals surface area contributed by atoms with Crippen molar-refractivity contribution in [3.63, 3.8) is 0 Å². The van der Waals surface area contributed by atoms with E-state index in [1.165, 1.54) is 6.07 Å². The third-order valence-electron chi connectivity index (χ3n) is 3.38. The van der Waals surface area contributed by atoms with Gasteiger partial charge in [0.2, 0.25) is 0 Å². The number of nitro groups is 1. The van der Waals surface area contributed by atoms with Crippen LogP contribution in [-0.4, -0.2) is 46.4 Å². The van der Waals surface area contributed by atoms with E-state index in [2.05, 4.69) is 4.98 Å². The lowest BCUT2D eigenvalue weighted by Gasteiger charge is -2.23. The molecule has 0 aliphatic rings. The van der Waals surface area contributed by atoms with Crippen LogP contribution in [0.1, 0.15) is 6.42 Å². The molecule has 7 heteroatoms. The first-order valence-corrected chi connectivity index (χ1v) is 7.35. The van der Waals surface area contributed by atoms with Gasteiger partial charge in [0.15, 0.2) is 5.69 Å². The molecule has 0 bridgehead atoms. The number of pyridine rings is 1. The van der Waals surface area contributed by atoms with Crippen molar-refractivity contribution in [3.05, 3.63) is 52.6 Å². The molecule has 2 rings (SSSR count). The average Bonchev–Trinajstić information content (AvgIpc) is 2.58. The summed E-state index contributed by atoms with van der Waals surface area (Å²) < 4.78 is 0. The summed E-state index contributed by atoms with van der Waals surface area (Å²) in [6, 6.07) is 12.0. The fourth-order valence-corrected chi connectivity index (χ4v) is 2.30. The maximum atomic E-state index is 11.3. The molecular formula is C16H19N3O4.